The molecule has 2 atom stereocenters. The second kappa shape index (κ2) is 8.12. The molecule has 0 aromatic heterocycles. The maximum absolute atomic E-state index is 12.3. The number of benzene rings is 1. The van der Waals surface area contributed by atoms with Gasteiger partial charge in [0.25, 0.3) is 11.8 Å². The molecule has 1 aromatic rings. The van der Waals surface area contributed by atoms with Crippen molar-refractivity contribution in [2.45, 2.75) is 19.4 Å². The van der Waals surface area contributed by atoms with E-state index >= 15 is 0 Å². The van der Waals surface area contributed by atoms with E-state index in [1.807, 2.05) is 13.0 Å². The van der Waals surface area contributed by atoms with Crippen molar-refractivity contribution in [3.63, 3.8) is 0 Å². The Kier molecular flexibility index (Phi) is 6.16. The molecular weight excluding hydrogens is 334 g/mol. The van der Waals surface area contributed by atoms with Gasteiger partial charge in [0.05, 0.1) is 20.2 Å². The molecule has 130 valence electrons. The number of halogens is 1. The van der Waals surface area contributed by atoms with Crippen LogP contribution < -0.4 is 15.5 Å². The molecule has 1 aromatic carbocycles. The topological polar surface area (TPSA) is 88.9 Å². The SMILES string of the molecule is COC(=O)C[C@H]1C(=O)NCC[NH+]1CC(=O)Nc1cc(Cl)ccc1C. The van der Waals surface area contributed by atoms with Gasteiger partial charge in [0.2, 0.25) is 0 Å². The van der Waals surface area contributed by atoms with Gasteiger partial charge in [0.15, 0.2) is 12.6 Å². The van der Waals surface area contributed by atoms with E-state index in [1.165, 1.54) is 7.11 Å². The number of hydrogen-bond acceptors (Lipinski definition) is 4. The molecule has 2 rings (SSSR count). The number of aryl methyl sites for hydroxylation is 1. The number of anilines is 1. The number of methoxy groups -OCH3 is 1. The lowest BCUT2D eigenvalue weighted by molar-refractivity contribution is -0.909. The molecule has 1 unspecified atom stereocenters. The molecule has 1 fully saturated rings. The summed E-state index contributed by atoms with van der Waals surface area (Å²) in [4.78, 5) is 36.6. The molecule has 0 radical (unpaired) electrons. The Hall–Kier alpha value is -2.12. The Morgan fingerprint density at radius 1 is 1.46 bits per heavy atom. The first kappa shape index (κ1) is 18.2. The quantitative estimate of drug-likeness (QED) is 0.624. The van der Waals surface area contributed by atoms with E-state index in [1.54, 1.807) is 12.1 Å². The van der Waals surface area contributed by atoms with Gasteiger partial charge in [-0.1, -0.05) is 17.7 Å². The Morgan fingerprint density at radius 2 is 2.21 bits per heavy atom. The number of carbonyl (C=O) groups is 3. The highest BCUT2D eigenvalue weighted by molar-refractivity contribution is 6.31. The molecule has 0 aliphatic carbocycles. The third-order valence-electron chi connectivity index (χ3n) is 4.01. The zero-order valence-electron chi connectivity index (χ0n) is 13.6. The third-order valence-corrected chi connectivity index (χ3v) is 4.25. The van der Waals surface area contributed by atoms with Crippen LogP contribution in [0.25, 0.3) is 0 Å². The van der Waals surface area contributed by atoms with Crippen LogP contribution in [0.5, 0.6) is 0 Å². The van der Waals surface area contributed by atoms with Gasteiger partial charge in [-0.25, -0.2) is 0 Å². The number of piperazine rings is 1. The Labute approximate surface area is 145 Å². The highest BCUT2D eigenvalue weighted by atomic mass is 35.5. The first-order valence-corrected chi connectivity index (χ1v) is 8.03. The summed E-state index contributed by atoms with van der Waals surface area (Å²) in [6.45, 7) is 2.99. The van der Waals surface area contributed by atoms with Gasteiger partial charge < -0.3 is 20.3 Å². The van der Waals surface area contributed by atoms with E-state index in [0.717, 1.165) is 10.5 Å². The highest BCUT2D eigenvalue weighted by Gasteiger charge is 2.36. The summed E-state index contributed by atoms with van der Waals surface area (Å²) >= 11 is 5.95. The highest BCUT2D eigenvalue weighted by Crippen LogP contribution is 2.19. The fourth-order valence-corrected chi connectivity index (χ4v) is 2.83. The van der Waals surface area contributed by atoms with Gasteiger partial charge in [0, 0.05) is 10.7 Å². The smallest absolute Gasteiger partial charge is 0.312 e. The number of ether oxygens (including phenoxy) is 1. The van der Waals surface area contributed by atoms with Crippen LogP contribution in [-0.2, 0) is 19.1 Å². The predicted octanol–water partition coefficient (Wildman–Crippen LogP) is -0.467. The maximum atomic E-state index is 12.3. The molecule has 0 bridgehead atoms. The molecule has 7 nitrogen and oxygen atoms in total. The minimum atomic E-state index is -0.627. The standard InChI is InChI=1S/C16H20ClN3O4/c1-10-3-4-11(17)7-12(10)19-14(21)9-20-6-5-18-16(23)13(20)8-15(22)24-2/h3-4,7,13H,5-6,8-9H2,1-2H3,(H,18,23)(H,19,21)/p+1/t13-/m0/s1. The summed E-state index contributed by atoms with van der Waals surface area (Å²) in [6.07, 6.45) is -0.0544. The van der Waals surface area contributed by atoms with Crippen LogP contribution in [0.1, 0.15) is 12.0 Å². The van der Waals surface area contributed by atoms with Gasteiger partial charge in [-0.3, -0.25) is 14.4 Å². The lowest BCUT2D eigenvalue weighted by Crippen LogP contribution is -3.20. The average Bonchev–Trinajstić information content (AvgIpc) is 2.54. The van der Waals surface area contributed by atoms with Crippen LogP contribution in [0.15, 0.2) is 18.2 Å². The molecule has 0 saturated carbocycles. The van der Waals surface area contributed by atoms with Crippen LogP contribution in [0, 0.1) is 6.92 Å². The summed E-state index contributed by atoms with van der Waals surface area (Å²) in [5.74, 6) is -0.950. The normalized spacial score (nSPS) is 20.2. The summed E-state index contributed by atoms with van der Waals surface area (Å²) in [5, 5.41) is 6.05. The first-order valence-electron chi connectivity index (χ1n) is 7.66. The van der Waals surface area contributed by atoms with Crippen molar-refractivity contribution in [2.24, 2.45) is 0 Å². The number of hydrogen-bond donors (Lipinski definition) is 3. The molecule has 3 N–H and O–H groups in total. The number of nitrogens with one attached hydrogen (secondary N) is 3. The van der Waals surface area contributed by atoms with Gasteiger partial charge >= 0.3 is 5.97 Å². The van der Waals surface area contributed by atoms with Gasteiger partial charge in [-0.15, -0.1) is 0 Å². The fraction of sp³-hybridized carbons (Fsp3) is 0.438. The Balaban J connectivity index is 2.03. The number of esters is 1. The monoisotopic (exact) mass is 354 g/mol. The minimum Gasteiger partial charge on any atom is -0.469 e. The van der Waals surface area contributed by atoms with E-state index in [2.05, 4.69) is 15.4 Å². The van der Waals surface area contributed by atoms with Crippen LogP contribution in [0.2, 0.25) is 5.02 Å². The molecule has 1 aliphatic rings. The molecule has 1 aliphatic heterocycles. The molecular formula is C16H21ClN3O4+. The van der Waals surface area contributed by atoms with Crippen molar-refractivity contribution in [2.75, 3.05) is 32.1 Å². The number of rotatable bonds is 5. The largest absolute Gasteiger partial charge is 0.469 e. The van der Waals surface area contributed by atoms with Crippen molar-refractivity contribution >= 4 is 35.1 Å². The first-order chi connectivity index (χ1) is 11.4. The number of amides is 2. The van der Waals surface area contributed by atoms with E-state index in [9.17, 15) is 14.4 Å². The second-order valence-electron chi connectivity index (χ2n) is 5.72. The van der Waals surface area contributed by atoms with E-state index < -0.39 is 12.0 Å². The van der Waals surface area contributed by atoms with Gasteiger partial charge in [-0.2, -0.15) is 0 Å². The van der Waals surface area contributed by atoms with Crippen molar-refractivity contribution in [3.05, 3.63) is 28.8 Å². The van der Waals surface area contributed by atoms with Crippen molar-refractivity contribution < 1.29 is 24.0 Å². The molecule has 24 heavy (non-hydrogen) atoms. The maximum Gasteiger partial charge on any atom is 0.312 e. The lowest BCUT2D eigenvalue weighted by atomic mass is 10.1. The second-order valence-corrected chi connectivity index (χ2v) is 6.15. The summed E-state index contributed by atoms with van der Waals surface area (Å²) in [5.41, 5.74) is 1.53. The van der Waals surface area contributed by atoms with Crippen LogP contribution in [0.4, 0.5) is 5.69 Å². The average molecular weight is 355 g/mol. The summed E-state index contributed by atoms with van der Waals surface area (Å²) < 4.78 is 4.63. The summed E-state index contributed by atoms with van der Waals surface area (Å²) in [7, 11) is 1.28. The molecule has 8 heteroatoms. The molecule has 1 heterocycles. The van der Waals surface area contributed by atoms with Crippen LogP contribution in [0.3, 0.4) is 0 Å². The zero-order valence-corrected chi connectivity index (χ0v) is 14.4. The van der Waals surface area contributed by atoms with E-state index in [0.29, 0.717) is 23.8 Å². The van der Waals surface area contributed by atoms with Crippen molar-refractivity contribution in [1.82, 2.24) is 5.32 Å². The van der Waals surface area contributed by atoms with E-state index in [4.69, 9.17) is 11.6 Å². The molecule has 2 amide bonds. The fourth-order valence-electron chi connectivity index (χ4n) is 2.66. The van der Waals surface area contributed by atoms with Gasteiger partial charge in [0.1, 0.15) is 6.42 Å². The predicted molar refractivity (Wildman–Crippen MR) is 88.9 cm³/mol. The zero-order chi connectivity index (χ0) is 17.7. The van der Waals surface area contributed by atoms with Crippen LogP contribution >= 0.6 is 11.6 Å². The van der Waals surface area contributed by atoms with Crippen LogP contribution in [-0.4, -0.2) is 50.6 Å². The summed E-state index contributed by atoms with van der Waals surface area (Å²) in [6, 6.07) is 4.62. The number of quaternary nitrogens is 1. The lowest BCUT2D eigenvalue weighted by Gasteiger charge is -2.30. The Morgan fingerprint density at radius 3 is 2.92 bits per heavy atom. The number of carbonyl (C=O) groups excluding carboxylic acids is 3. The minimum absolute atomic E-state index is 0.0544. The van der Waals surface area contributed by atoms with Crippen molar-refractivity contribution in [3.8, 4) is 0 Å². The van der Waals surface area contributed by atoms with E-state index in [-0.39, 0.29) is 24.8 Å². The molecule has 0 spiro atoms. The third kappa shape index (κ3) is 4.69. The van der Waals surface area contributed by atoms with Crippen molar-refractivity contribution in [1.29, 1.82) is 0 Å². The molecule has 1 saturated heterocycles. The van der Waals surface area contributed by atoms with Gasteiger partial charge in [-0.05, 0) is 24.6 Å². The Bertz CT molecular complexity index is 650.